The van der Waals surface area contributed by atoms with Crippen LogP contribution < -0.4 is 14.2 Å². The molecule has 0 bridgehead atoms. The van der Waals surface area contributed by atoms with E-state index in [0.717, 1.165) is 11.6 Å². The number of rotatable bonds is 8. The summed E-state index contributed by atoms with van der Waals surface area (Å²) >= 11 is 0. The van der Waals surface area contributed by atoms with Gasteiger partial charge in [-0.05, 0) is 69.2 Å². The first-order chi connectivity index (χ1) is 12.3. The standard InChI is InChI=1S/C19H24FNO4S/c1-5-24-18-10-7-15(12-19(18)25-6-2)14(4)21-26(22,23)16-8-9-17(20)13(3)11-16/h7-12,14,21H,5-6H2,1-4H3/t14-/m0/s1. The molecule has 0 aliphatic heterocycles. The topological polar surface area (TPSA) is 64.6 Å². The summed E-state index contributed by atoms with van der Waals surface area (Å²) in [5.41, 5.74) is 1.01. The van der Waals surface area contributed by atoms with Crippen LogP contribution in [0.2, 0.25) is 0 Å². The zero-order valence-electron chi connectivity index (χ0n) is 15.4. The van der Waals surface area contributed by atoms with E-state index in [2.05, 4.69) is 4.72 Å². The molecule has 142 valence electrons. The lowest BCUT2D eigenvalue weighted by atomic mass is 10.1. The maximum absolute atomic E-state index is 13.4. The molecule has 0 unspecified atom stereocenters. The minimum Gasteiger partial charge on any atom is -0.490 e. The van der Waals surface area contributed by atoms with Crippen molar-refractivity contribution in [3.63, 3.8) is 0 Å². The first-order valence-corrected chi connectivity index (χ1v) is 9.94. The van der Waals surface area contributed by atoms with Gasteiger partial charge in [-0.2, -0.15) is 0 Å². The van der Waals surface area contributed by atoms with Gasteiger partial charge in [-0.3, -0.25) is 0 Å². The highest BCUT2D eigenvalue weighted by molar-refractivity contribution is 7.89. The Hall–Kier alpha value is -2.12. The summed E-state index contributed by atoms with van der Waals surface area (Å²) in [6, 6.07) is 8.53. The Kier molecular flexibility index (Phi) is 6.61. The Balaban J connectivity index is 2.26. The van der Waals surface area contributed by atoms with Gasteiger partial charge in [0.25, 0.3) is 0 Å². The highest BCUT2D eigenvalue weighted by Gasteiger charge is 2.20. The van der Waals surface area contributed by atoms with Gasteiger partial charge in [0.05, 0.1) is 18.1 Å². The Morgan fingerprint density at radius 3 is 2.31 bits per heavy atom. The minimum absolute atomic E-state index is 0.0271. The Morgan fingerprint density at radius 2 is 1.69 bits per heavy atom. The average Bonchev–Trinajstić information content (AvgIpc) is 2.58. The van der Waals surface area contributed by atoms with Crippen molar-refractivity contribution in [2.45, 2.75) is 38.6 Å². The smallest absolute Gasteiger partial charge is 0.241 e. The van der Waals surface area contributed by atoms with Crippen LogP contribution in [0.1, 0.15) is 37.9 Å². The maximum atomic E-state index is 13.4. The van der Waals surface area contributed by atoms with Crippen molar-refractivity contribution in [2.24, 2.45) is 0 Å². The zero-order chi connectivity index (χ0) is 19.3. The van der Waals surface area contributed by atoms with E-state index in [-0.39, 0.29) is 10.5 Å². The fourth-order valence-corrected chi connectivity index (χ4v) is 3.81. The molecule has 26 heavy (non-hydrogen) atoms. The van der Waals surface area contributed by atoms with Crippen molar-refractivity contribution >= 4 is 10.0 Å². The number of nitrogens with one attached hydrogen (secondary N) is 1. The molecule has 7 heteroatoms. The lowest BCUT2D eigenvalue weighted by Crippen LogP contribution is -2.27. The molecule has 0 spiro atoms. The third-order valence-corrected chi connectivity index (χ3v) is 5.38. The van der Waals surface area contributed by atoms with Crippen LogP contribution in [-0.2, 0) is 10.0 Å². The van der Waals surface area contributed by atoms with Crippen molar-refractivity contribution in [1.29, 1.82) is 0 Å². The lowest BCUT2D eigenvalue weighted by molar-refractivity contribution is 0.287. The van der Waals surface area contributed by atoms with E-state index in [4.69, 9.17) is 9.47 Å². The van der Waals surface area contributed by atoms with Crippen molar-refractivity contribution in [2.75, 3.05) is 13.2 Å². The van der Waals surface area contributed by atoms with E-state index in [1.165, 1.54) is 19.1 Å². The highest BCUT2D eigenvalue weighted by atomic mass is 32.2. The molecule has 2 rings (SSSR count). The van der Waals surface area contributed by atoms with Crippen LogP contribution in [-0.4, -0.2) is 21.6 Å². The van der Waals surface area contributed by atoms with Gasteiger partial charge >= 0.3 is 0 Å². The van der Waals surface area contributed by atoms with Gasteiger partial charge in [-0.15, -0.1) is 0 Å². The van der Waals surface area contributed by atoms with Crippen LogP contribution in [0.4, 0.5) is 4.39 Å². The third-order valence-electron chi connectivity index (χ3n) is 3.84. The normalized spacial score (nSPS) is 12.7. The van der Waals surface area contributed by atoms with E-state index < -0.39 is 21.9 Å². The monoisotopic (exact) mass is 381 g/mol. The summed E-state index contributed by atoms with van der Waals surface area (Å²) in [6.45, 7) is 7.98. The molecule has 0 heterocycles. The van der Waals surface area contributed by atoms with Gasteiger partial charge in [-0.25, -0.2) is 17.5 Å². The van der Waals surface area contributed by atoms with Crippen molar-refractivity contribution in [1.82, 2.24) is 4.72 Å². The number of halogens is 1. The summed E-state index contributed by atoms with van der Waals surface area (Å²) in [7, 11) is -3.78. The largest absolute Gasteiger partial charge is 0.490 e. The summed E-state index contributed by atoms with van der Waals surface area (Å²) < 4.78 is 52.2. The molecule has 1 N–H and O–H groups in total. The third kappa shape index (κ3) is 4.74. The van der Waals surface area contributed by atoms with Gasteiger partial charge in [-0.1, -0.05) is 6.07 Å². The molecule has 0 aromatic heterocycles. The SMILES string of the molecule is CCOc1ccc([C@H](C)NS(=O)(=O)c2ccc(F)c(C)c2)cc1OCC. The van der Waals surface area contributed by atoms with Crippen LogP contribution in [0.5, 0.6) is 11.5 Å². The zero-order valence-corrected chi connectivity index (χ0v) is 16.2. The molecule has 0 fully saturated rings. The van der Waals surface area contributed by atoms with Gasteiger partial charge < -0.3 is 9.47 Å². The average molecular weight is 381 g/mol. The van der Waals surface area contributed by atoms with Crippen LogP contribution in [0.25, 0.3) is 0 Å². The predicted molar refractivity (Wildman–Crippen MR) is 98.7 cm³/mol. The Labute approximate surface area is 154 Å². The van der Waals surface area contributed by atoms with Gasteiger partial charge in [0.1, 0.15) is 5.82 Å². The number of hydrogen-bond donors (Lipinski definition) is 1. The van der Waals surface area contributed by atoms with Crippen LogP contribution in [0.15, 0.2) is 41.3 Å². The first-order valence-electron chi connectivity index (χ1n) is 8.46. The lowest BCUT2D eigenvalue weighted by Gasteiger charge is -2.18. The van der Waals surface area contributed by atoms with Crippen molar-refractivity contribution < 1.29 is 22.3 Å². The van der Waals surface area contributed by atoms with E-state index in [0.29, 0.717) is 24.7 Å². The second-order valence-corrected chi connectivity index (χ2v) is 7.54. The molecule has 0 saturated carbocycles. The molecule has 0 amide bonds. The molecule has 0 radical (unpaired) electrons. The molecule has 5 nitrogen and oxygen atoms in total. The minimum atomic E-state index is -3.78. The van der Waals surface area contributed by atoms with E-state index in [1.807, 2.05) is 13.8 Å². The van der Waals surface area contributed by atoms with Crippen LogP contribution in [0.3, 0.4) is 0 Å². The van der Waals surface area contributed by atoms with E-state index >= 15 is 0 Å². The number of ether oxygens (including phenoxy) is 2. The summed E-state index contributed by atoms with van der Waals surface area (Å²) in [6.07, 6.45) is 0. The number of benzene rings is 2. The number of sulfonamides is 1. The van der Waals surface area contributed by atoms with E-state index in [1.54, 1.807) is 25.1 Å². The second kappa shape index (κ2) is 8.51. The van der Waals surface area contributed by atoms with Crippen molar-refractivity contribution in [3.05, 3.63) is 53.3 Å². The number of hydrogen-bond acceptors (Lipinski definition) is 4. The quantitative estimate of drug-likeness (QED) is 0.751. The molecule has 0 saturated heterocycles. The molecule has 2 aromatic carbocycles. The molecule has 1 atom stereocenters. The summed E-state index contributed by atoms with van der Waals surface area (Å²) in [5.74, 6) is 0.739. The Morgan fingerprint density at radius 1 is 1.04 bits per heavy atom. The summed E-state index contributed by atoms with van der Waals surface area (Å²) in [4.78, 5) is 0.0271. The molecule has 2 aromatic rings. The van der Waals surface area contributed by atoms with Gasteiger partial charge in [0.15, 0.2) is 11.5 Å². The fraction of sp³-hybridized carbons (Fsp3) is 0.368. The predicted octanol–water partition coefficient (Wildman–Crippen LogP) is 3.97. The second-order valence-electron chi connectivity index (χ2n) is 5.83. The number of aryl methyl sites for hydroxylation is 1. The Bertz CT molecular complexity index is 868. The van der Waals surface area contributed by atoms with Gasteiger partial charge in [0, 0.05) is 6.04 Å². The molecular formula is C19H24FNO4S. The van der Waals surface area contributed by atoms with Crippen molar-refractivity contribution in [3.8, 4) is 11.5 Å². The fourth-order valence-electron chi connectivity index (χ4n) is 2.49. The highest BCUT2D eigenvalue weighted by Crippen LogP contribution is 2.31. The van der Waals surface area contributed by atoms with Crippen LogP contribution in [0, 0.1) is 12.7 Å². The summed E-state index contributed by atoms with van der Waals surface area (Å²) in [5, 5.41) is 0. The van der Waals surface area contributed by atoms with Gasteiger partial charge in [0.2, 0.25) is 10.0 Å². The molecule has 0 aliphatic carbocycles. The molecular weight excluding hydrogens is 357 g/mol. The van der Waals surface area contributed by atoms with Crippen LogP contribution >= 0.6 is 0 Å². The molecule has 0 aliphatic rings. The maximum Gasteiger partial charge on any atom is 0.241 e. The first kappa shape index (κ1) is 20.2. The van der Waals surface area contributed by atoms with E-state index in [9.17, 15) is 12.8 Å².